The number of hydrogen-bond acceptors (Lipinski definition) is 6. The summed E-state index contributed by atoms with van der Waals surface area (Å²) in [5, 5.41) is 21.3. The molecule has 0 atom stereocenters. The van der Waals surface area contributed by atoms with Crippen LogP contribution in [0.15, 0.2) is 82.0 Å². The number of nitrogens with zero attached hydrogens (tertiary/aromatic N) is 3. The van der Waals surface area contributed by atoms with E-state index in [2.05, 4.69) is 4.99 Å². The molecule has 0 saturated carbocycles. The number of nitro groups is 1. The van der Waals surface area contributed by atoms with Crippen molar-refractivity contribution >= 4 is 29.2 Å². The minimum atomic E-state index is -0.621. The van der Waals surface area contributed by atoms with Crippen LogP contribution in [0.1, 0.15) is 11.3 Å². The lowest BCUT2D eigenvalue weighted by atomic mass is 10.1. The van der Waals surface area contributed by atoms with Crippen molar-refractivity contribution in [2.75, 3.05) is 4.90 Å². The van der Waals surface area contributed by atoms with E-state index in [-0.39, 0.29) is 17.1 Å². The number of non-ortho nitro benzene ring substituents is 1. The maximum Gasteiger partial charge on any atom is 0.282 e. The van der Waals surface area contributed by atoms with Crippen LogP contribution >= 0.6 is 0 Å². The number of phenols is 1. The van der Waals surface area contributed by atoms with Gasteiger partial charge in [-0.2, -0.15) is 0 Å². The second kappa shape index (κ2) is 6.84. The third-order valence-corrected chi connectivity index (χ3v) is 4.13. The van der Waals surface area contributed by atoms with Crippen molar-refractivity contribution in [3.8, 4) is 5.75 Å². The van der Waals surface area contributed by atoms with Gasteiger partial charge in [-0.1, -0.05) is 30.3 Å². The number of amidine groups is 1. The molecule has 1 aromatic heterocycles. The molecule has 0 saturated heterocycles. The van der Waals surface area contributed by atoms with Gasteiger partial charge in [0.1, 0.15) is 23.0 Å². The quantitative estimate of drug-likeness (QED) is 0.424. The number of benzene rings is 2. The molecule has 1 N–H and O–H groups in total. The maximum atomic E-state index is 13.0. The number of furan rings is 1. The Morgan fingerprint density at radius 1 is 1.11 bits per heavy atom. The Balaban J connectivity index is 1.84. The fourth-order valence-electron chi connectivity index (χ4n) is 2.84. The Morgan fingerprint density at radius 2 is 1.89 bits per heavy atom. The van der Waals surface area contributed by atoms with Crippen molar-refractivity contribution in [1.82, 2.24) is 0 Å². The molecule has 1 aliphatic heterocycles. The molecule has 0 radical (unpaired) electrons. The molecule has 1 aliphatic rings. The van der Waals surface area contributed by atoms with E-state index in [9.17, 15) is 20.0 Å². The van der Waals surface area contributed by atoms with Crippen molar-refractivity contribution in [2.24, 2.45) is 4.99 Å². The Labute approximate surface area is 158 Å². The van der Waals surface area contributed by atoms with Crippen LogP contribution in [-0.2, 0) is 4.79 Å². The van der Waals surface area contributed by atoms with E-state index in [0.29, 0.717) is 17.2 Å². The summed E-state index contributed by atoms with van der Waals surface area (Å²) in [6.45, 7) is 0. The number of amides is 1. The molecule has 3 aromatic rings. The van der Waals surface area contributed by atoms with Gasteiger partial charge in [-0.15, -0.1) is 0 Å². The lowest BCUT2D eigenvalue weighted by Crippen LogP contribution is -2.32. The fraction of sp³-hybridized carbons (Fsp3) is 0. The first-order valence-electron chi connectivity index (χ1n) is 8.26. The standard InChI is InChI=1S/C20H13N3O5/c24-18-11-14(23(26)27)8-9-17(18)22-19(13-5-2-1-3-6-13)21-16(20(22)25)12-15-7-4-10-28-15/h1-12,24H/b16-12+. The van der Waals surface area contributed by atoms with Crippen LogP contribution in [-0.4, -0.2) is 21.8 Å². The zero-order chi connectivity index (χ0) is 19.7. The van der Waals surface area contributed by atoms with Crippen LogP contribution in [0, 0.1) is 10.1 Å². The third-order valence-electron chi connectivity index (χ3n) is 4.13. The Hall–Kier alpha value is -4.20. The van der Waals surface area contributed by atoms with Crippen molar-refractivity contribution in [3.05, 3.63) is 94.1 Å². The zero-order valence-electron chi connectivity index (χ0n) is 14.4. The van der Waals surface area contributed by atoms with Gasteiger partial charge in [0, 0.05) is 17.7 Å². The SMILES string of the molecule is O=C1/C(=C\c2ccco2)N=C(c2ccccc2)N1c1ccc([N+](=O)[O-])cc1O. The molecular weight excluding hydrogens is 362 g/mol. The smallest absolute Gasteiger partial charge is 0.282 e. The highest BCUT2D eigenvalue weighted by atomic mass is 16.6. The number of aromatic hydroxyl groups is 1. The van der Waals surface area contributed by atoms with Crippen molar-refractivity contribution in [2.45, 2.75) is 0 Å². The van der Waals surface area contributed by atoms with Gasteiger partial charge in [0.15, 0.2) is 0 Å². The molecule has 0 aliphatic carbocycles. The van der Waals surface area contributed by atoms with Crippen LogP contribution in [0.3, 0.4) is 0 Å². The molecular formula is C20H13N3O5. The number of rotatable bonds is 4. The highest BCUT2D eigenvalue weighted by molar-refractivity contribution is 6.33. The molecule has 8 nitrogen and oxygen atoms in total. The van der Waals surface area contributed by atoms with Gasteiger partial charge in [0.05, 0.1) is 22.9 Å². The molecule has 138 valence electrons. The molecule has 4 rings (SSSR count). The lowest BCUT2D eigenvalue weighted by molar-refractivity contribution is -0.384. The van der Waals surface area contributed by atoms with Gasteiger partial charge in [-0.25, -0.2) is 4.99 Å². The van der Waals surface area contributed by atoms with Gasteiger partial charge in [0.25, 0.3) is 11.6 Å². The second-order valence-electron chi connectivity index (χ2n) is 5.92. The second-order valence-corrected chi connectivity index (χ2v) is 5.92. The Kier molecular flexibility index (Phi) is 4.21. The van der Waals surface area contributed by atoms with E-state index in [4.69, 9.17) is 4.42 Å². The Bertz CT molecular complexity index is 1120. The molecule has 2 heterocycles. The highest BCUT2D eigenvalue weighted by Crippen LogP contribution is 2.36. The number of carbonyl (C=O) groups excluding carboxylic acids is 1. The third kappa shape index (κ3) is 3.03. The molecule has 2 aromatic carbocycles. The van der Waals surface area contributed by atoms with E-state index in [1.54, 1.807) is 36.4 Å². The zero-order valence-corrected chi connectivity index (χ0v) is 14.4. The normalized spacial score (nSPS) is 15.1. The first-order valence-corrected chi connectivity index (χ1v) is 8.26. The lowest BCUT2D eigenvalue weighted by Gasteiger charge is -2.19. The van der Waals surface area contributed by atoms with Crippen LogP contribution in [0.2, 0.25) is 0 Å². The predicted octanol–water partition coefficient (Wildman–Crippen LogP) is 3.73. The molecule has 0 bridgehead atoms. The predicted molar refractivity (Wildman–Crippen MR) is 102 cm³/mol. The fourth-order valence-corrected chi connectivity index (χ4v) is 2.84. The van der Waals surface area contributed by atoms with Crippen molar-refractivity contribution < 1.29 is 19.2 Å². The van der Waals surface area contributed by atoms with E-state index < -0.39 is 16.6 Å². The summed E-state index contributed by atoms with van der Waals surface area (Å²) >= 11 is 0. The minimum absolute atomic E-state index is 0.0982. The van der Waals surface area contributed by atoms with E-state index >= 15 is 0 Å². The summed E-state index contributed by atoms with van der Waals surface area (Å²) in [5.74, 6) is -0.133. The number of anilines is 1. The molecule has 28 heavy (non-hydrogen) atoms. The summed E-state index contributed by atoms with van der Waals surface area (Å²) in [4.78, 5) is 29.0. The highest BCUT2D eigenvalue weighted by Gasteiger charge is 2.34. The first-order chi connectivity index (χ1) is 13.5. The molecule has 0 fully saturated rings. The van der Waals surface area contributed by atoms with Gasteiger partial charge in [0.2, 0.25) is 0 Å². The summed E-state index contributed by atoms with van der Waals surface area (Å²) in [6, 6.07) is 15.9. The molecule has 8 heteroatoms. The molecule has 0 spiro atoms. The Morgan fingerprint density at radius 3 is 2.54 bits per heavy atom. The van der Waals surface area contributed by atoms with Crippen molar-refractivity contribution in [1.29, 1.82) is 0 Å². The number of phenolic OH excluding ortho intramolecular Hbond substituents is 1. The summed E-state index contributed by atoms with van der Waals surface area (Å²) in [5.41, 5.74) is 0.585. The summed E-state index contributed by atoms with van der Waals surface area (Å²) in [6.07, 6.45) is 2.97. The maximum absolute atomic E-state index is 13.0. The van der Waals surface area contributed by atoms with Crippen LogP contribution < -0.4 is 4.90 Å². The van der Waals surface area contributed by atoms with Crippen LogP contribution in [0.4, 0.5) is 11.4 Å². The van der Waals surface area contributed by atoms with Gasteiger partial charge >= 0.3 is 0 Å². The van der Waals surface area contributed by atoms with E-state index in [1.807, 2.05) is 6.07 Å². The minimum Gasteiger partial charge on any atom is -0.505 e. The number of carbonyl (C=O) groups is 1. The number of nitro benzene ring substituents is 1. The molecule has 1 amide bonds. The van der Waals surface area contributed by atoms with Gasteiger partial charge in [-0.3, -0.25) is 19.8 Å². The van der Waals surface area contributed by atoms with Crippen molar-refractivity contribution in [3.63, 3.8) is 0 Å². The number of aliphatic imine (C=N–C) groups is 1. The average Bonchev–Trinajstić information content (AvgIpc) is 3.31. The van der Waals surface area contributed by atoms with Gasteiger partial charge < -0.3 is 9.52 Å². The average molecular weight is 375 g/mol. The number of hydrogen-bond donors (Lipinski definition) is 1. The van der Waals surface area contributed by atoms with E-state index in [0.717, 1.165) is 6.07 Å². The summed E-state index contributed by atoms with van der Waals surface area (Å²) in [7, 11) is 0. The van der Waals surface area contributed by atoms with Crippen LogP contribution in [0.5, 0.6) is 5.75 Å². The van der Waals surface area contributed by atoms with E-state index in [1.165, 1.54) is 29.4 Å². The molecule has 0 unspecified atom stereocenters. The van der Waals surface area contributed by atoms with Crippen LogP contribution in [0.25, 0.3) is 6.08 Å². The summed E-state index contributed by atoms with van der Waals surface area (Å²) < 4.78 is 5.25. The topological polar surface area (TPSA) is 109 Å². The largest absolute Gasteiger partial charge is 0.505 e. The monoisotopic (exact) mass is 375 g/mol. The van der Waals surface area contributed by atoms with Gasteiger partial charge in [-0.05, 0) is 18.2 Å². The first kappa shape index (κ1) is 17.2.